The van der Waals surface area contributed by atoms with Crippen molar-refractivity contribution < 1.29 is 4.79 Å². The average molecular weight is 274 g/mol. The zero-order valence-corrected chi connectivity index (χ0v) is 12.1. The molecule has 20 heavy (non-hydrogen) atoms. The van der Waals surface area contributed by atoms with E-state index in [-0.39, 0.29) is 11.9 Å². The van der Waals surface area contributed by atoms with Gasteiger partial charge in [0.2, 0.25) is 5.91 Å². The van der Waals surface area contributed by atoms with Crippen LogP contribution in [0.15, 0.2) is 24.3 Å². The van der Waals surface area contributed by atoms with E-state index in [1.165, 1.54) is 0 Å². The molecule has 5 heteroatoms. The fourth-order valence-corrected chi connectivity index (χ4v) is 2.24. The third kappa shape index (κ3) is 3.36. The van der Waals surface area contributed by atoms with Crippen LogP contribution in [0.25, 0.3) is 11.0 Å². The quantitative estimate of drug-likeness (QED) is 0.840. The van der Waals surface area contributed by atoms with E-state index in [1.807, 2.05) is 38.1 Å². The van der Waals surface area contributed by atoms with Gasteiger partial charge in [-0.1, -0.05) is 19.1 Å². The van der Waals surface area contributed by atoms with Gasteiger partial charge in [-0.2, -0.15) is 0 Å². The predicted molar refractivity (Wildman–Crippen MR) is 80.4 cm³/mol. The van der Waals surface area contributed by atoms with Crippen LogP contribution in [0.2, 0.25) is 0 Å². The third-order valence-corrected chi connectivity index (χ3v) is 3.47. The molecule has 0 fully saturated rings. The fourth-order valence-electron chi connectivity index (χ4n) is 2.24. The van der Waals surface area contributed by atoms with E-state index in [0.29, 0.717) is 13.0 Å². The highest BCUT2D eigenvalue weighted by Crippen LogP contribution is 2.14. The van der Waals surface area contributed by atoms with Gasteiger partial charge in [0.05, 0.1) is 11.0 Å². The summed E-state index contributed by atoms with van der Waals surface area (Å²) in [7, 11) is 0. The lowest BCUT2D eigenvalue weighted by Gasteiger charge is -2.11. The molecule has 1 aromatic carbocycles. The molecule has 2 aromatic rings. The summed E-state index contributed by atoms with van der Waals surface area (Å²) < 4.78 is 2.12. The fraction of sp³-hybridized carbons (Fsp3) is 0.467. The van der Waals surface area contributed by atoms with Gasteiger partial charge >= 0.3 is 0 Å². The highest BCUT2D eigenvalue weighted by molar-refractivity contribution is 5.77. The Morgan fingerprint density at radius 1 is 1.45 bits per heavy atom. The minimum atomic E-state index is -0.0502. The number of fused-ring (bicyclic) bond motifs is 1. The first-order valence-corrected chi connectivity index (χ1v) is 7.06. The Bertz CT molecular complexity index is 591. The second kappa shape index (κ2) is 6.52. The second-order valence-corrected chi connectivity index (χ2v) is 5.02. The van der Waals surface area contributed by atoms with Crippen LogP contribution in [0.3, 0.4) is 0 Å². The average Bonchev–Trinajstić information content (AvgIpc) is 2.75. The number of benzene rings is 1. The van der Waals surface area contributed by atoms with Crippen LogP contribution in [0.4, 0.5) is 0 Å². The van der Waals surface area contributed by atoms with E-state index in [9.17, 15) is 4.79 Å². The monoisotopic (exact) mass is 274 g/mol. The number of nitrogens with one attached hydrogen (secondary N) is 1. The van der Waals surface area contributed by atoms with Gasteiger partial charge in [-0.25, -0.2) is 4.98 Å². The van der Waals surface area contributed by atoms with Gasteiger partial charge in [0.15, 0.2) is 0 Å². The summed E-state index contributed by atoms with van der Waals surface area (Å²) in [6.45, 7) is 5.28. The first-order valence-electron chi connectivity index (χ1n) is 7.06. The number of imidazole rings is 1. The number of nitrogens with two attached hydrogens (primary N) is 1. The number of aryl methyl sites for hydroxylation is 1. The van der Waals surface area contributed by atoms with Crippen molar-refractivity contribution in [3.05, 3.63) is 30.1 Å². The lowest BCUT2D eigenvalue weighted by atomic mass is 10.1. The Kier molecular flexibility index (Phi) is 4.74. The highest BCUT2D eigenvalue weighted by atomic mass is 16.1. The smallest absolute Gasteiger partial charge is 0.221 e. The molecular weight excluding hydrogens is 252 g/mol. The minimum Gasteiger partial charge on any atom is -0.354 e. The summed E-state index contributed by atoms with van der Waals surface area (Å²) in [5, 5.41) is 2.91. The van der Waals surface area contributed by atoms with Crippen LogP contribution in [0, 0.1) is 6.92 Å². The third-order valence-electron chi connectivity index (χ3n) is 3.47. The molecule has 1 amide bonds. The SMILES string of the molecule is CCC(N)CC(=O)NCCn1c(C)nc2ccccc21. The molecule has 5 nitrogen and oxygen atoms in total. The maximum atomic E-state index is 11.7. The van der Waals surface area contributed by atoms with E-state index >= 15 is 0 Å². The van der Waals surface area contributed by atoms with E-state index in [0.717, 1.165) is 29.8 Å². The Morgan fingerprint density at radius 3 is 2.95 bits per heavy atom. The molecule has 1 unspecified atom stereocenters. The van der Waals surface area contributed by atoms with Crippen LogP contribution in [-0.2, 0) is 11.3 Å². The molecule has 108 valence electrons. The largest absolute Gasteiger partial charge is 0.354 e. The summed E-state index contributed by atoms with van der Waals surface area (Å²) >= 11 is 0. The van der Waals surface area contributed by atoms with Crippen LogP contribution >= 0.6 is 0 Å². The molecule has 0 aliphatic rings. The highest BCUT2D eigenvalue weighted by Gasteiger charge is 2.09. The van der Waals surface area contributed by atoms with Crippen LogP contribution in [0.5, 0.6) is 0 Å². The lowest BCUT2D eigenvalue weighted by molar-refractivity contribution is -0.121. The second-order valence-electron chi connectivity index (χ2n) is 5.02. The molecule has 3 N–H and O–H groups in total. The number of rotatable bonds is 6. The van der Waals surface area contributed by atoms with Crippen molar-refractivity contribution in [2.24, 2.45) is 5.73 Å². The summed E-state index contributed by atoms with van der Waals surface area (Å²) in [5.41, 5.74) is 7.85. The van der Waals surface area contributed by atoms with Crippen molar-refractivity contribution in [2.45, 2.75) is 39.3 Å². The molecule has 0 radical (unpaired) electrons. The number of carbonyl (C=O) groups excluding carboxylic acids is 1. The number of hydrogen-bond donors (Lipinski definition) is 2. The van der Waals surface area contributed by atoms with E-state index in [1.54, 1.807) is 0 Å². The van der Waals surface area contributed by atoms with E-state index < -0.39 is 0 Å². The summed E-state index contributed by atoms with van der Waals surface area (Å²) in [5.74, 6) is 0.979. The topological polar surface area (TPSA) is 72.9 Å². The molecule has 0 bridgehead atoms. The van der Waals surface area contributed by atoms with Gasteiger partial charge < -0.3 is 15.6 Å². The van der Waals surface area contributed by atoms with Crippen molar-refractivity contribution in [1.29, 1.82) is 0 Å². The van der Waals surface area contributed by atoms with Crippen LogP contribution in [-0.4, -0.2) is 28.0 Å². The van der Waals surface area contributed by atoms with Crippen molar-refractivity contribution in [2.75, 3.05) is 6.54 Å². The van der Waals surface area contributed by atoms with E-state index in [4.69, 9.17) is 5.73 Å². The molecule has 1 atom stereocenters. The van der Waals surface area contributed by atoms with Gasteiger partial charge in [0.25, 0.3) is 0 Å². The zero-order valence-electron chi connectivity index (χ0n) is 12.1. The molecule has 0 saturated heterocycles. The van der Waals surface area contributed by atoms with Crippen molar-refractivity contribution in [3.8, 4) is 0 Å². The molecule has 1 heterocycles. The maximum Gasteiger partial charge on any atom is 0.221 e. The normalized spacial score (nSPS) is 12.6. The van der Waals surface area contributed by atoms with Gasteiger partial charge in [0.1, 0.15) is 5.82 Å². The van der Waals surface area contributed by atoms with Gasteiger partial charge in [0, 0.05) is 25.6 Å². The molecule has 0 spiro atoms. The summed E-state index contributed by atoms with van der Waals surface area (Å²) in [6, 6.07) is 7.97. The number of nitrogens with zero attached hydrogens (tertiary/aromatic N) is 2. The zero-order chi connectivity index (χ0) is 14.5. The summed E-state index contributed by atoms with van der Waals surface area (Å²) in [6.07, 6.45) is 1.21. The minimum absolute atomic E-state index is 0.0152. The number of carbonyl (C=O) groups is 1. The Balaban J connectivity index is 1.93. The molecule has 1 aromatic heterocycles. The number of amides is 1. The van der Waals surface area contributed by atoms with E-state index in [2.05, 4.69) is 14.9 Å². The molecule has 0 aliphatic heterocycles. The molecule has 2 rings (SSSR count). The van der Waals surface area contributed by atoms with Crippen LogP contribution < -0.4 is 11.1 Å². The lowest BCUT2D eigenvalue weighted by Crippen LogP contribution is -2.33. The van der Waals surface area contributed by atoms with Gasteiger partial charge in [-0.05, 0) is 25.5 Å². The van der Waals surface area contributed by atoms with Crippen molar-refractivity contribution in [1.82, 2.24) is 14.9 Å². The Labute approximate surface area is 119 Å². The standard InChI is InChI=1S/C15H22N4O/c1-3-12(16)10-15(20)17-8-9-19-11(2)18-13-6-4-5-7-14(13)19/h4-7,12H,3,8-10,16H2,1-2H3,(H,17,20). The van der Waals surface area contributed by atoms with Crippen molar-refractivity contribution >= 4 is 16.9 Å². The Morgan fingerprint density at radius 2 is 2.20 bits per heavy atom. The van der Waals surface area contributed by atoms with Gasteiger partial charge in [-0.3, -0.25) is 4.79 Å². The number of hydrogen-bond acceptors (Lipinski definition) is 3. The number of aromatic nitrogens is 2. The molecule has 0 aliphatic carbocycles. The van der Waals surface area contributed by atoms with Crippen LogP contribution in [0.1, 0.15) is 25.6 Å². The summed E-state index contributed by atoms with van der Waals surface area (Å²) in [4.78, 5) is 16.2. The predicted octanol–water partition coefficient (Wildman–Crippen LogP) is 1.59. The van der Waals surface area contributed by atoms with Crippen molar-refractivity contribution in [3.63, 3.8) is 0 Å². The maximum absolute atomic E-state index is 11.7. The number of para-hydroxylation sites is 2. The van der Waals surface area contributed by atoms with Gasteiger partial charge in [-0.15, -0.1) is 0 Å². The Hall–Kier alpha value is -1.88. The molecule has 0 saturated carbocycles. The molecular formula is C15H22N4O. The first-order chi connectivity index (χ1) is 9.61. The first kappa shape index (κ1) is 14.5.